The molecule has 88 valence electrons. The molecule has 0 spiro atoms. The van der Waals surface area contributed by atoms with E-state index in [1.54, 1.807) is 7.05 Å². The van der Waals surface area contributed by atoms with Crippen molar-refractivity contribution in [3.63, 3.8) is 0 Å². The van der Waals surface area contributed by atoms with Crippen LogP contribution in [0.2, 0.25) is 5.02 Å². The van der Waals surface area contributed by atoms with E-state index in [1.807, 2.05) is 0 Å². The van der Waals surface area contributed by atoms with Gasteiger partial charge in [0.25, 0.3) is 0 Å². The van der Waals surface area contributed by atoms with Crippen molar-refractivity contribution in [1.82, 2.24) is 9.55 Å². The molecule has 0 radical (unpaired) electrons. The van der Waals surface area contributed by atoms with Crippen molar-refractivity contribution in [1.29, 1.82) is 0 Å². The molecule has 6 nitrogen and oxygen atoms in total. The van der Waals surface area contributed by atoms with Crippen LogP contribution in [-0.2, 0) is 7.05 Å². The Labute approximate surface area is 100 Å². The van der Waals surface area contributed by atoms with Gasteiger partial charge in [0.05, 0.1) is 22.7 Å². The molecule has 0 aromatic carbocycles. The second kappa shape index (κ2) is 3.74. The second-order valence-corrected chi connectivity index (χ2v) is 3.83. The molecule has 0 amide bonds. The number of rotatable bonds is 2. The number of pyridine rings is 1. The van der Waals surface area contributed by atoms with Crippen molar-refractivity contribution in [2.24, 2.45) is 7.05 Å². The minimum absolute atomic E-state index is 0.263. The molecule has 0 N–H and O–H groups in total. The number of carbonyl (C=O) groups excluding carboxylic acids is 2. The van der Waals surface area contributed by atoms with Gasteiger partial charge in [-0.1, -0.05) is 11.6 Å². The lowest BCUT2D eigenvalue weighted by Crippen LogP contribution is -2.31. The molecule has 0 aliphatic carbocycles. The van der Waals surface area contributed by atoms with Crippen LogP contribution in [0.25, 0.3) is 11.0 Å². The van der Waals surface area contributed by atoms with Crippen LogP contribution in [0.1, 0.15) is 20.8 Å². The van der Waals surface area contributed by atoms with E-state index >= 15 is 0 Å². The Morgan fingerprint density at radius 2 is 2.00 bits per heavy atom. The zero-order chi connectivity index (χ0) is 12.7. The second-order valence-electron chi connectivity index (χ2n) is 3.42. The maximum atomic E-state index is 10.8. The topological polar surface area (TPSA) is 98.1 Å². The highest BCUT2D eigenvalue weighted by Gasteiger charge is 2.13. The number of hydrogen-bond donors (Lipinski definition) is 0. The highest BCUT2D eigenvalue weighted by Crippen LogP contribution is 2.25. The fourth-order valence-corrected chi connectivity index (χ4v) is 1.85. The van der Waals surface area contributed by atoms with Crippen LogP contribution in [0.5, 0.6) is 0 Å². The van der Waals surface area contributed by atoms with Gasteiger partial charge >= 0.3 is 0 Å². The van der Waals surface area contributed by atoms with Gasteiger partial charge in [-0.3, -0.25) is 0 Å². The molecule has 2 heterocycles. The first-order valence-corrected chi connectivity index (χ1v) is 4.88. The molecular formula is C10H5ClN2O4-2. The summed E-state index contributed by atoms with van der Waals surface area (Å²) in [6.07, 6.45) is 1.50. The normalized spacial score (nSPS) is 10.7. The van der Waals surface area contributed by atoms with E-state index in [2.05, 4.69) is 4.98 Å². The number of carboxylic acid groups (broad SMARTS) is 2. The van der Waals surface area contributed by atoms with Gasteiger partial charge in [0.15, 0.2) is 0 Å². The van der Waals surface area contributed by atoms with E-state index in [9.17, 15) is 19.8 Å². The molecule has 7 heteroatoms. The van der Waals surface area contributed by atoms with E-state index in [1.165, 1.54) is 10.8 Å². The van der Waals surface area contributed by atoms with Crippen molar-refractivity contribution in [3.8, 4) is 0 Å². The van der Waals surface area contributed by atoms with Crippen LogP contribution in [0.4, 0.5) is 0 Å². The number of aromatic nitrogens is 2. The Bertz CT molecular complexity index is 593. The van der Waals surface area contributed by atoms with Gasteiger partial charge in [0, 0.05) is 24.2 Å². The van der Waals surface area contributed by atoms with E-state index < -0.39 is 23.2 Å². The third-order valence-corrected chi connectivity index (χ3v) is 2.62. The van der Waals surface area contributed by atoms with Gasteiger partial charge in [-0.2, -0.15) is 0 Å². The summed E-state index contributed by atoms with van der Waals surface area (Å²) in [5.74, 6) is -3.32. The summed E-state index contributed by atoms with van der Waals surface area (Å²) in [4.78, 5) is 25.3. The predicted molar refractivity (Wildman–Crippen MR) is 54.4 cm³/mol. The van der Waals surface area contributed by atoms with Crippen LogP contribution < -0.4 is 10.2 Å². The maximum absolute atomic E-state index is 10.8. The van der Waals surface area contributed by atoms with E-state index in [0.29, 0.717) is 5.39 Å². The molecule has 0 bridgehead atoms. The van der Waals surface area contributed by atoms with Crippen molar-refractivity contribution in [2.45, 2.75) is 0 Å². The van der Waals surface area contributed by atoms with Gasteiger partial charge in [0.1, 0.15) is 5.65 Å². The number of halogens is 1. The Morgan fingerprint density at radius 3 is 2.53 bits per heavy atom. The molecule has 0 saturated heterocycles. The van der Waals surface area contributed by atoms with Gasteiger partial charge in [-0.15, -0.1) is 0 Å². The van der Waals surface area contributed by atoms with E-state index in [0.717, 1.165) is 6.07 Å². The predicted octanol–water partition coefficient (Wildman–Crippen LogP) is -1.05. The molecule has 0 unspecified atom stereocenters. The van der Waals surface area contributed by atoms with Crippen molar-refractivity contribution >= 4 is 34.6 Å². The molecule has 2 rings (SSSR count). The molecule has 0 fully saturated rings. The Kier molecular flexibility index (Phi) is 2.51. The smallest absolute Gasteiger partial charge is 0.141 e. The fraction of sp³-hybridized carbons (Fsp3) is 0.100. The molecule has 17 heavy (non-hydrogen) atoms. The minimum atomic E-state index is -1.68. The number of carbonyl (C=O) groups is 2. The quantitative estimate of drug-likeness (QED) is 0.679. The molecule has 0 aliphatic rings. The SMILES string of the molecule is Cn1cc(Cl)c2cc(C(=O)[O-])c(C(=O)[O-])nc21. The summed E-state index contributed by atoms with van der Waals surface area (Å²) in [7, 11) is 1.61. The molecule has 0 saturated carbocycles. The average molecular weight is 253 g/mol. The first kappa shape index (κ1) is 11.4. The first-order valence-electron chi connectivity index (χ1n) is 4.50. The standard InChI is InChI=1S/C10H7ClN2O4/c1-13-3-6(11)4-2-5(9(14)15)7(10(16)17)12-8(4)13/h2-3H,1H3,(H,14,15)(H,16,17)/p-2. The number of fused-ring (bicyclic) bond motifs is 1. The van der Waals surface area contributed by atoms with Crippen molar-refractivity contribution in [2.75, 3.05) is 0 Å². The van der Waals surface area contributed by atoms with Crippen molar-refractivity contribution in [3.05, 3.63) is 28.5 Å². The fourth-order valence-electron chi connectivity index (χ4n) is 1.56. The Balaban J connectivity index is 2.88. The molecular weight excluding hydrogens is 248 g/mol. The lowest BCUT2D eigenvalue weighted by Gasteiger charge is -2.11. The number of carboxylic acids is 2. The summed E-state index contributed by atoms with van der Waals surface area (Å²) in [6.45, 7) is 0. The van der Waals surface area contributed by atoms with Crippen molar-refractivity contribution < 1.29 is 19.8 Å². The highest BCUT2D eigenvalue weighted by atomic mass is 35.5. The van der Waals surface area contributed by atoms with E-state index in [-0.39, 0.29) is 10.7 Å². The third-order valence-electron chi connectivity index (χ3n) is 2.31. The summed E-state index contributed by atoms with van der Waals surface area (Å²) >= 11 is 5.85. The van der Waals surface area contributed by atoms with E-state index in [4.69, 9.17) is 11.6 Å². The molecule has 0 aliphatic heterocycles. The third kappa shape index (κ3) is 1.72. The summed E-state index contributed by atoms with van der Waals surface area (Å²) in [6, 6.07) is 1.12. The maximum Gasteiger partial charge on any atom is 0.141 e. The van der Waals surface area contributed by atoms with Gasteiger partial charge in [-0.25, -0.2) is 4.98 Å². The lowest BCUT2D eigenvalue weighted by atomic mass is 10.1. The largest absolute Gasteiger partial charge is 0.545 e. The zero-order valence-electron chi connectivity index (χ0n) is 8.56. The Hall–Kier alpha value is -2.08. The van der Waals surface area contributed by atoms with Crippen LogP contribution in [-0.4, -0.2) is 21.5 Å². The zero-order valence-corrected chi connectivity index (χ0v) is 9.32. The monoisotopic (exact) mass is 252 g/mol. The number of hydrogen-bond acceptors (Lipinski definition) is 5. The van der Waals surface area contributed by atoms with Crippen LogP contribution >= 0.6 is 11.6 Å². The van der Waals surface area contributed by atoms with Crippen LogP contribution in [0.3, 0.4) is 0 Å². The molecule has 0 atom stereocenters. The minimum Gasteiger partial charge on any atom is -0.545 e. The lowest BCUT2D eigenvalue weighted by molar-refractivity contribution is -0.260. The van der Waals surface area contributed by atoms with Gasteiger partial charge in [-0.05, 0) is 6.07 Å². The van der Waals surface area contributed by atoms with Gasteiger partial charge < -0.3 is 24.4 Å². The van der Waals surface area contributed by atoms with Crippen LogP contribution in [0.15, 0.2) is 12.3 Å². The van der Waals surface area contributed by atoms with Crippen LogP contribution in [0, 0.1) is 0 Å². The number of nitrogens with zero attached hydrogens (tertiary/aromatic N) is 2. The average Bonchev–Trinajstić information content (AvgIpc) is 2.52. The molecule has 2 aromatic heterocycles. The number of aromatic carboxylic acids is 2. The summed E-state index contributed by atoms with van der Waals surface area (Å²) < 4.78 is 1.49. The van der Waals surface area contributed by atoms with Gasteiger partial charge in [0.2, 0.25) is 0 Å². The first-order chi connectivity index (χ1) is 7.91. The highest BCUT2D eigenvalue weighted by molar-refractivity contribution is 6.35. The summed E-state index contributed by atoms with van der Waals surface area (Å²) in [5.41, 5.74) is -0.958. The summed E-state index contributed by atoms with van der Waals surface area (Å²) in [5, 5.41) is 22.2. The number of aryl methyl sites for hydroxylation is 1. The Morgan fingerprint density at radius 1 is 1.35 bits per heavy atom. The molecule has 2 aromatic rings.